The quantitative estimate of drug-likeness (QED) is 0.734. The predicted octanol–water partition coefficient (Wildman–Crippen LogP) is 1.60. The highest BCUT2D eigenvalue weighted by atomic mass is 16.5. The third-order valence-electron chi connectivity index (χ3n) is 3.00. The third-order valence-corrected chi connectivity index (χ3v) is 3.00. The molecule has 112 valence electrons. The minimum absolute atomic E-state index is 0.641. The minimum atomic E-state index is 0.641. The highest BCUT2D eigenvalue weighted by molar-refractivity contribution is 5.43. The van der Waals surface area contributed by atoms with Crippen molar-refractivity contribution in [3.8, 4) is 11.5 Å². The molecule has 1 heterocycles. The summed E-state index contributed by atoms with van der Waals surface area (Å²) in [6.07, 6.45) is 0.932. The first kappa shape index (κ1) is 15.1. The fourth-order valence-electron chi connectivity index (χ4n) is 1.94. The molecule has 0 unspecified atom stereocenters. The Kier molecular flexibility index (Phi) is 6.63. The van der Waals surface area contributed by atoms with E-state index in [1.165, 1.54) is 5.56 Å². The van der Waals surface area contributed by atoms with Gasteiger partial charge < -0.3 is 24.3 Å². The van der Waals surface area contributed by atoms with Gasteiger partial charge in [-0.1, -0.05) is 6.07 Å². The van der Waals surface area contributed by atoms with E-state index in [4.69, 9.17) is 18.9 Å². The molecule has 1 N–H and O–H groups in total. The summed E-state index contributed by atoms with van der Waals surface area (Å²) in [5, 5.41) is 3.34. The lowest BCUT2D eigenvalue weighted by Crippen LogP contribution is -2.20. The molecule has 1 aromatic carbocycles. The Morgan fingerprint density at radius 2 is 1.95 bits per heavy atom. The van der Waals surface area contributed by atoms with Crippen LogP contribution in [0.4, 0.5) is 0 Å². The number of ether oxygens (including phenoxy) is 4. The molecule has 0 saturated carbocycles. The molecule has 0 aliphatic carbocycles. The van der Waals surface area contributed by atoms with Crippen LogP contribution in [-0.2, 0) is 16.0 Å². The monoisotopic (exact) mass is 281 g/mol. The second-order valence-corrected chi connectivity index (χ2v) is 4.61. The van der Waals surface area contributed by atoms with E-state index in [0.29, 0.717) is 19.8 Å². The van der Waals surface area contributed by atoms with Crippen LogP contribution in [0.2, 0.25) is 0 Å². The van der Waals surface area contributed by atoms with Gasteiger partial charge in [-0.2, -0.15) is 0 Å². The number of nitrogens with one attached hydrogen (secondary N) is 1. The number of fused-ring (bicyclic) bond motifs is 1. The summed E-state index contributed by atoms with van der Waals surface area (Å²) in [6.45, 7) is 5.03. The SMILES string of the molecule is COCCOCCNCc1ccc2c(c1)OCCCO2. The summed E-state index contributed by atoms with van der Waals surface area (Å²) in [7, 11) is 1.67. The van der Waals surface area contributed by atoms with Crippen molar-refractivity contribution >= 4 is 0 Å². The Labute approximate surface area is 120 Å². The van der Waals surface area contributed by atoms with E-state index >= 15 is 0 Å². The molecule has 0 saturated heterocycles. The van der Waals surface area contributed by atoms with Crippen LogP contribution in [0.25, 0.3) is 0 Å². The molecule has 20 heavy (non-hydrogen) atoms. The van der Waals surface area contributed by atoms with E-state index in [1.807, 2.05) is 12.1 Å². The van der Waals surface area contributed by atoms with Gasteiger partial charge in [0.2, 0.25) is 0 Å². The second-order valence-electron chi connectivity index (χ2n) is 4.61. The molecular weight excluding hydrogens is 258 g/mol. The van der Waals surface area contributed by atoms with Gasteiger partial charge in [-0.25, -0.2) is 0 Å². The Hall–Kier alpha value is -1.30. The van der Waals surface area contributed by atoms with Gasteiger partial charge in [0.1, 0.15) is 0 Å². The maximum absolute atomic E-state index is 5.67. The summed E-state index contributed by atoms with van der Waals surface area (Å²) in [5.74, 6) is 1.69. The highest BCUT2D eigenvalue weighted by Gasteiger charge is 2.10. The van der Waals surface area contributed by atoms with Crippen LogP contribution in [0.15, 0.2) is 18.2 Å². The Bertz CT molecular complexity index is 397. The molecule has 1 aromatic rings. The summed E-state index contributed by atoms with van der Waals surface area (Å²) >= 11 is 0. The molecule has 0 amide bonds. The van der Waals surface area contributed by atoms with Crippen molar-refractivity contribution < 1.29 is 18.9 Å². The average molecular weight is 281 g/mol. The van der Waals surface area contributed by atoms with E-state index < -0.39 is 0 Å². The van der Waals surface area contributed by atoms with Crippen LogP contribution in [0, 0.1) is 0 Å². The number of rotatable bonds is 8. The maximum Gasteiger partial charge on any atom is 0.161 e. The molecule has 0 fully saturated rings. The first-order valence-electron chi connectivity index (χ1n) is 7.06. The van der Waals surface area contributed by atoms with Crippen molar-refractivity contribution in [3.05, 3.63) is 23.8 Å². The third kappa shape index (κ3) is 5.00. The topological polar surface area (TPSA) is 49.0 Å². The normalized spacial score (nSPS) is 14.1. The Balaban J connectivity index is 1.69. The summed E-state index contributed by atoms with van der Waals surface area (Å²) in [5.41, 5.74) is 1.19. The molecule has 0 aromatic heterocycles. The summed E-state index contributed by atoms with van der Waals surface area (Å²) < 4.78 is 21.6. The van der Waals surface area contributed by atoms with Crippen LogP contribution in [0.3, 0.4) is 0 Å². The van der Waals surface area contributed by atoms with Crippen molar-refractivity contribution in [1.29, 1.82) is 0 Å². The number of hydrogen-bond donors (Lipinski definition) is 1. The smallest absolute Gasteiger partial charge is 0.161 e. The Morgan fingerprint density at radius 1 is 1.10 bits per heavy atom. The fraction of sp³-hybridized carbons (Fsp3) is 0.600. The number of hydrogen-bond acceptors (Lipinski definition) is 5. The zero-order chi connectivity index (χ0) is 14.0. The van der Waals surface area contributed by atoms with Crippen molar-refractivity contribution in [1.82, 2.24) is 5.32 Å². The van der Waals surface area contributed by atoms with Crippen molar-refractivity contribution in [2.45, 2.75) is 13.0 Å². The predicted molar refractivity (Wildman–Crippen MR) is 76.5 cm³/mol. The first-order valence-corrected chi connectivity index (χ1v) is 7.06. The van der Waals surface area contributed by atoms with Gasteiger partial charge in [0.25, 0.3) is 0 Å². The lowest BCUT2D eigenvalue weighted by atomic mass is 10.2. The van der Waals surface area contributed by atoms with E-state index in [0.717, 1.165) is 44.2 Å². The van der Waals surface area contributed by atoms with Gasteiger partial charge in [0.15, 0.2) is 11.5 Å². The molecule has 0 atom stereocenters. The van der Waals surface area contributed by atoms with Gasteiger partial charge >= 0.3 is 0 Å². The molecule has 0 bridgehead atoms. The maximum atomic E-state index is 5.67. The first-order chi connectivity index (χ1) is 9.90. The van der Waals surface area contributed by atoms with Gasteiger partial charge in [0, 0.05) is 26.6 Å². The number of methoxy groups -OCH3 is 1. The molecular formula is C15H23NO4. The van der Waals surface area contributed by atoms with E-state index in [-0.39, 0.29) is 0 Å². The van der Waals surface area contributed by atoms with Crippen LogP contribution < -0.4 is 14.8 Å². The largest absolute Gasteiger partial charge is 0.490 e. The van der Waals surface area contributed by atoms with Crippen LogP contribution in [0.1, 0.15) is 12.0 Å². The summed E-state index contributed by atoms with van der Waals surface area (Å²) in [6, 6.07) is 6.08. The second kappa shape index (κ2) is 8.79. The van der Waals surface area contributed by atoms with Gasteiger partial charge in [-0.15, -0.1) is 0 Å². The molecule has 0 radical (unpaired) electrons. The zero-order valence-corrected chi connectivity index (χ0v) is 12.0. The Morgan fingerprint density at radius 3 is 2.80 bits per heavy atom. The molecule has 2 rings (SSSR count). The average Bonchev–Trinajstić information content (AvgIpc) is 2.71. The van der Waals surface area contributed by atoms with Gasteiger partial charge in [-0.05, 0) is 17.7 Å². The molecule has 5 heteroatoms. The van der Waals surface area contributed by atoms with E-state index in [1.54, 1.807) is 7.11 Å². The highest BCUT2D eigenvalue weighted by Crippen LogP contribution is 2.30. The van der Waals surface area contributed by atoms with Crippen molar-refractivity contribution in [2.75, 3.05) is 46.7 Å². The van der Waals surface area contributed by atoms with Crippen LogP contribution in [-0.4, -0.2) is 46.7 Å². The zero-order valence-electron chi connectivity index (χ0n) is 12.0. The number of benzene rings is 1. The molecule has 5 nitrogen and oxygen atoms in total. The standard InChI is InChI=1S/C15H23NO4/c1-17-9-10-18-8-5-16-12-13-3-4-14-15(11-13)20-7-2-6-19-14/h3-4,11,16H,2,5-10,12H2,1H3. The molecule has 0 spiro atoms. The lowest BCUT2D eigenvalue weighted by Gasteiger charge is -2.10. The summed E-state index contributed by atoms with van der Waals surface area (Å²) in [4.78, 5) is 0. The fourth-order valence-corrected chi connectivity index (χ4v) is 1.94. The minimum Gasteiger partial charge on any atom is -0.490 e. The molecule has 1 aliphatic heterocycles. The van der Waals surface area contributed by atoms with E-state index in [2.05, 4.69) is 11.4 Å². The van der Waals surface area contributed by atoms with Crippen molar-refractivity contribution in [3.63, 3.8) is 0 Å². The van der Waals surface area contributed by atoms with Crippen LogP contribution >= 0.6 is 0 Å². The van der Waals surface area contributed by atoms with Crippen molar-refractivity contribution in [2.24, 2.45) is 0 Å². The lowest BCUT2D eigenvalue weighted by molar-refractivity contribution is 0.0719. The van der Waals surface area contributed by atoms with Crippen LogP contribution in [0.5, 0.6) is 11.5 Å². The molecule has 1 aliphatic rings. The van der Waals surface area contributed by atoms with E-state index in [9.17, 15) is 0 Å². The van der Waals surface area contributed by atoms with Gasteiger partial charge in [0.05, 0.1) is 33.0 Å². The van der Waals surface area contributed by atoms with Gasteiger partial charge in [-0.3, -0.25) is 0 Å².